The summed E-state index contributed by atoms with van der Waals surface area (Å²) < 4.78 is 5.52. The molecule has 3 aromatic rings. The van der Waals surface area contributed by atoms with Gasteiger partial charge in [-0.25, -0.2) is 4.79 Å². The van der Waals surface area contributed by atoms with E-state index in [-0.39, 0.29) is 47.0 Å². The van der Waals surface area contributed by atoms with Gasteiger partial charge in [0, 0.05) is 23.6 Å². The number of phenolic OH excluding ortho intramolecular Hbond substituents is 1. The zero-order valence-corrected chi connectivity index (χ0v) is 20.9. The van der Waals surface area contributed by atoms with Gasteiger partial charge in [0.15, 0.2) is 11.5 Å². The summed E-state index contributed by atoms with van der Waals surface area (Å²) in [4.78, 5) is 11.4. The molecule has 2 aliphatic carbocycles. The third kappa shape index (κ3) is 3.87. The number of rotatable bonds is 5. The zero-order chi connectivity index (χ0) is 26.6. The van der Waals surface area contributed by atoms with Gasteiger partial charge in [-0.1, -0.05) is 54.6 Å². The van der Waals surface area contributed by atoms with Crippen molar-refractivity contribution in [1.29, 1.82) is 5.41 Å². The highest BCUT2D eigenvalue weighted by atomic mass is 16.5. The lowest BCUT2D eigenvalue weighted by Crippen LogP contribution is -2.50. The summed E-state index contributed by atoms with van der Waals surface area (Å²) in [5, 5.41) is 32.0. The molecule has 5 atom stereocenters. The summed E-state index contributed by atoms with van der Waals surface area (Å²) in [6.45, 7) is 0. The Labute approximate surface area is 220 Å². The van der Waals surface area contributed by atoms with Crippen LogP contribution in [0.3, 0.4) is 0 Å². The monoisotopic (exact) mass is 507 g/mol. The number of nitrogens with one attached hydrogen (secondary N) is 2. The van der Waals surface area contributed by atoms with Crippen molar-refractivity contribution in [2.45, 2.75) is 24.4 Å². The molecule has 0 amide bonds. The molecule has 7 heteroatoms. The second-order valence-corrected chi connectivity index (χ2v) is 10.2. The molecule has 192 valence electrons. The first-order valence-electron chi connectivity index (χ1n) is 12.7. The number of piperidine rings is 1. The summed E-state index contributed by atoms with van der Waals surface area (Å²) in [5.74, 6) is 0.0590. The van der Waals surface area contributed by atoms with Gasteiger partial charge in [0.2, 0.25) is 0 Å². The maximum Gasteiger partial charge on any atom is 0.335 e. The van der Waals surface area contributed by atoms with Crippen molar-refractivity contribution in [2.24, 2.45) is 17.6 Å². The Morgan fingerprint density at radius 3 is 2.58 bits per heavy atom. The molecule has 6 N–H and O–H groups in total. The Kier molecular flexibility index (Phi) is 5.80. The van der Waals surface area contributed by atoms with E-state index in [0.717, 1.165) is 28.7 Å². The number of ether oxygens (including phenoxy) is 1. The highest BCUT2D eigenvalue weighted by Gasteiger charge is 2.49. The van der Waals surface area contributed by atoms with Crippen LogP contribution < -0.4 is 15.8 Å². The molecule has 0 radical (unpaired) electrons. The van der Waals surface area contributed by atoms with Gasteiger partial charge in [0.25, 0.3) is 0 Å². The number of carboxylic acid groups (broad SMARTS) is 1. The molecule has 0 spiro atoms. The first-order valence-corrected chi connectivity index (χ1v) is 12.7. The van der Waals surface area contributed by atoms with Crippen molar-refractivity contribution in [1.82, 2.24) is 5.32 Å². The smallest absolute Gasteiger partial charge is 0.335 e. The zero-order valence-electron chi connectivity index (χ0n) is 20.9. The van der Waals surface area contributed by atoms with Crippen LogP contribution in [-0.4, -0.2) is 35.2 Å². The first kappa shape index (κ1) is 24.0. The number of fused-ring (bicyclic) bond motifs is 5. The molecular weight excluding hydrogens is 478 g/mol. The van der Waals surface area contributed by atoms with Crippen molar-refractivity contribution >= 4 is 11.8 Å². The maximum atomic E-state index is 11.4. The Morgan fingerprint density at radius 1 is 1.11 bits per heavy atom. The third-order valence-corrected chi connectivity index (χ3v) is 8.26. The van der Waals surface area contributed by atoms with Crippen LogP contribution >= 0.6 is 0 Å². The third-order valence-electron chi connectivity index (χ3n) is 8.26. The number of aromatic carboxylic acids is 1. The van der Waals surface area contributed by atoms with E-state index in [1.165, 1.54) is 18.2 Å². The molecule has 0 bridgehead atoms. The van der Waals surface area contributed by atoms with Crippen molar-refractivity contribution in [3.63, 3.8) is 0 Å². The van der Waals surface area contributed by atoms with E-state index in [2.05, 4.69) is 41.7 Å². The largest absolute Gasteiger partial charge is 0.504 e. The fourth-order valence-electron chi connectivity index (χ4n) is 6.55. The molecule has 1 heterocycles. The lowest BCUT2D eigenvalue weighted by Gasteiger charge is -2.46. The number of hydrogen-bond donors (Lipinski definition) is 5. The average molecular weight is 508 g/mol. The summed E-state index contributed by atoms with van der Waals surface area (Å²) in [7, 11) is 1.54. The van der Waals surface area contributed by atoms with Crippen LogP contribution in [0.25, 0.3) is 11.1 Å². The number of amidine groups is 1. The van der Waals surface area contributed by atoms with Crippen LogP contribution in [0.5, 0.6) is 11.5 Å². The number of carboxylic acids is 1. The van der Waals surface area contributed by atoms with Crippen LogP contribution in [0, 0.1) is 17.2 Å². The molecule has 0 saturated carbocycles. The van der Waals surface area contributed by atoms with Crippen LogP contribution in [0.15, 0.2) is 84.5 Å². The molecular formula is C31H29N3O4. The summed E-state index contributed by atoms with van der Waals surface area (Å²) in [5.41, 5.74) is 12.1. The highest BCUT2D eigenvalue weighted by Crippen LogP contribution is 2.55. The van der Waals surface area contributed by atoms with Gasteiger partial charge in [-0.05, 0) is 70.3 Å². The molecule has 1 saturated heterocycles. The molecule has 1 aliphatic heterocycles. The van der Waals surface area contributed by atoms with Crippen LogP contribution in [-0.2, 0) is 6.42 Å². The number of methoxy groups -OCH3 is 1. The maximum absolute atomic E-state index is 11.4. The molecule has 6 rings (SSSR count). The van der Waals surface area contributed by atoms with Crippen molar-refractivity contribution in [2.75, 3.05) is 7.11 Å². The van der Waals surface area contributed by atoms with E-state index in [1.807, 2.05) is 12.1 Å². The van der Waals surface area contributed by atoms with Crippen LogP contribution in [0.1, 0.15) is 39.0 Å². The molecule has 0 aromatic heterocycles. The molecule has 3 aromatic carbocycles. The second kappa shape index (κ2) is 9.19. The van der Waals surface area contributed by atoms with E-state index in [1.54, 1.807) is 30.3 Å². The quantitative estimate of drug-likeness (QED) is 0.250. The fourth-order valence-corrected chi connectivity index (χ4v) is 6.55. The molecule has 38 heavy (non-hydrogen) atoms. The Hall–Kier alpha value is -4.36. The van der Waals surface area contributed by atoms with E-state index in [9.17, 15) is 15.0 Å². The number of carbonyl (C=O) groups is 1. The predicted molar refractivity (Wildman–Crippen MR) is 146 cm³/mol. The summed E-state index contributed by atoms with van der Waals surface area (Å²) in [6, 6.07) is 18.8. The minimum Gasteiger partial charge on any atom is -0.504 e. The van der Waals surface area contributed by atoms with Crippen LogP contribution in [0.2, 0.25) is 0 Å². The fraction of sp³-hybridized carbons (Fsp3) is 0.226. The number of benzene rings is 3. The van der Waals surface area contributed by atoms with Gasteiger partial charge >= 0.3 is 5.97 Å². The van der Waals surface area contributed by atoms with Gasteiger partial charge in [-0.15, -0.1) is 0 Å². The van der Waals surface area contributed by atoms with E-state index >= 15 is 0 Å². The molecule has 1 fully saturated rings. The Balaban J connectivity index is 1.50. The van der Waals surface area contributed by atoms with Gasteiger partial charge < -0.3 is 26.0 Å². The Morgan fingerprint density at radius 2 is 1.87 bits per heavy atom. The van der Waals surface area contributed by atoms with Gasteiger partial charge in [-0.3, -0.25) is 5.41 Å². The van der Waals surface area contributed by atoms with Gasteiger partial charge in [0.1, 0.15) is 5.84 Å². The summed E-state index contributed by atoms with van der Waals surface area (Å²) >= 11 is 0. The number of aromatic hydroxyl groups is 1. The van der Waals surface area contributed by atoms with Crippen molar-refractivity contribution in [3.05, 3.63) is 107 Å². The standard InChI is InChI=1S/C31H29N3O4/c1-38-27-15-22(21(14-26(27)35)16-6-8-17(9-7-16)31(36)37)29-24-12-18-4-2-3-5-20(18)28(24)23-13-19(30(32)33)10-11-25(23)34-29/h2-11,13-15,23-25,28-29,34-35H,12H2,1H3,(H3,32,33)(H,36,37)/t23?,24-,25?,28-,29+/m1/s1. The summed E-state index contributed by atoms with van der Waals surface area (Å²) in [6.07, 6.45) is 7.04. The predicted octanol–water partition coefficient (Wildman–Crippen LogP) is 4.78. The Bertz CT molecular complexity index is 1510. The number of hydrogen-bond acceptors (Lipinski definition) is 5. The van der Waals surface area contributed by atoms with Crippen LogP contribution in [0.4, 0.5) is 0 Å². The minimum atomic E-state index is -0.983. The average Bonchev–Trinajstić information content (AvgIpc) is 3.32. The normalized spacial score (nSPS) is 25.1. The first-order chi connectivity index (χ1) is 18.4. The van der Waals surface area contributed by atoms with Crippen molar-refractivity contribution < 1.29 is 19.7 Å². The van der Waals surface area contributed by atoms with E-state index in [4.69, 9.17) is 15.9 Å². The molecule has 2 unspecified atom stereocenters. The molecule has 7 nitrogen and oxygen atoms in total. The lowest BCUT2D eigenvalue weighted by atomic mass is 9.67. The lowest BCUT2D eigenvalue weighted by molar-refractivity contribution is 0.0697. The second-order valence-electron chi connectivity index (χ2n) is 10.2. The SMILES string of the molecule is COc1cc([C@@H]2NC3C=CC(C(=N)N)=CC3[C@H]3c4ccccc4C[C@H]32)c(-c2ccc(C(=O)O)cc2)cc1O. The topological polar surface area (TPSA) is 129 Å². The van der Waals surface area contributed by atoms with E-state index < -0.39 is 5.97 Å². The number of phenols is 1. The van der Waals surface area contributed by atoms with E-state index in [0.29, 0.717) is 5.75 Å². The van der Waals surface area contributed by atoms with Gasteiger partial charge in [0.05, 0.1) is 12.7 Å². The highest BCUT2D eigenvalue weighted by molar-refractivity contribution is 5.97. The minimum absolute atomic E-state index is 0.0255. The number of nitrogens with two attached hydrogens (primary N) is 1. The molecule has 3 aliphatic rings. The van der Waals surface area contributed by atoms with Crippen molar-refractivity contribution in [3.8, 4) is 22.6 Å². The van der Waals surface area contributed by atoms with Gasteiger partial charge in [-0.2, -0.15) is 0 Å².